The van der Waals surface area contributed by atoms with E-state index in [1.54, 1.807) is 13.0 Å². The largest absolute Gasteiger partial charge is 0.454 e. The summed E-state index contributed by atoms with van der Waals surface area (Å²) in [6.45, 7) is 5.33. The molecule has 0 aromatic heterocycles. The fourth-order valence-corrected chi connectivity index (χ4v) is 7.59. The molecule has 170 valence electrons. The number of ether oxygens (including phenoxy) is 1. The van der Waals surface area contributed by atoms with Gasteiger partial charge in [-0.3, -0.25) is 9.59 Å². The molecule has 6 nitrogen and oxygen atoms in total. The van der Waals surface area contributed by atoms with Crippen LogP contribution in [0.4, 0.5) is 0 Å². The quantitative estimate of drug-likeness (QED) is 0.525. The van der Waals surface area contributed by atoms with E-state index in [1.807, 2.05) is 6.92 Å². The van der Waals surface area contributed by atoms with Crippen molar-refractivity contribution in [1.29, 1.82) is 0 Å². The molecule has 4 aliphatic rings. The van der Waals surface area contributed by atoms with Gasteiger partial charge in [0.15, 0.2) is 12.4 Å². The fraction of sp³-hybridized carbons (Fsp3) is 0.720. The molecule has 0 bridgehead atoms. The van der Waals surface area contributed by atoms with E-state index in [0.717, 1.165) is 24.8 Å². The van der Waals surface area contributed by atoms with E-state index < -0.39 is 35.5 Å². The molecule has 0 saturated heterocycles. The molecule has 0 aliphatic heterocycles. The molecule has 31 heavy (non-hydrogen) atoms. The van der Waals surface area contributed by atoms with Crippen LogP contribution in [-0.4, -0.2) is 46.1 Å². The third-order valence-corrected chi connectivity index (χ3v) is 9.16. The standard InChI is InChI=1S/C25H34O6/c1-4-5-21(29)31-14-20(28)25(30)11-9-18-17-7-6-15-12-16(26)8-10-23(15,2)22(17)19(27)13-24(18,25)3/h4-5,12,17-19,22,27,30H,6-11,13-14H2,1-3H3/b5-4+/t17-,18-,19-,22+,23+,24+,25-/m1/s1. The maximum Gasteiger partial charge on any atom is 0.330 e. The van der Waals surface area contributed by atoms with Crippen molar-refractivity contribution in [1.82, 2.24) is 0 Å². The van der Waals surface area contributed by atoms with E-state index in [4.69, 9.17) is 4.74 Å². The number of aliphatic hydroxyl groups is 2. The lowest BCUT2D eigenvalue weighted by molar-refractivity contribution is -0.184. The molecule has 0 aromatic rings. The van der Waals surface area contributed by atoms with Crippen LogP contribution in [0.5, 0.6) is 0 Å². The molecule has 7 atom stereocenters. The highest BCUT2D eigenvalue weighted by Gasteiger charge is 2.68. The Morgan fingerprint density at radius 3 is 2.68 bits per heavy atom. The summed E-state index contributed by atoms with van der Waals surface area (Å²) in [6, 6.07) is 0. The van der Waals surface area contributed by atoms with Crippen LogP contribution in [-0.2, 0) is 19.1 Å². The van der Waals surface area contributed by atoms with Gasteiger partial charge in [-0.15, -0.1) is 0 Å². The van der Waals surface area contributed by atoms with Gasteiger partial charge in [0.2, 0.25) is 5.78 Å². The van der Waals surface area contributed by atoms with Crippen molar-refractivity contribution in [2.24, 2.45) is 28.6 Å². The summed E-state index contributed by atoms with van der Waals surface area (Å²) < 4.78 is 5.04. The van der Waals surface area contributed by atoms with E-state index in [0.29, 0.717) is 25.7 Å². The molecule has 0 radical (unpaired) electrons. The molecular weight excluding hydrogens is 396 g/mol. The zero-order valence-electron chi connectivity index (χ0n) is 18.7. The molecule has 4 aliphatic carbocycles. The molecule has 0 amide bonds. The van der Waals surface area contributed by atoms with Gasteiger partial charge < -0.3 is 14.9 Å². The van der Waals surface area contributed by atoms with E-state index >= 15 is 0 Å². The number of esters is 1. The van der Waals surface area contributed by atoms with Crippen LogP contribution in [0, 0.1) is 28.6 Å². The zero-order valence-corrected chi connectivity index (χ0v) is 18.7. The lowest BCUT2D eigenvalue weighted by Gasteiger charge is -2.60. The van der Waals surface area contributed by atoms with Gasteiger partial charge in [-0.1, -0.05) is 25.5 Å². The average Bonchev–Trinajstić information content (AvgIpc) is 2.98. The summed E-state index contributed by atoms with van der Waals surface area (Å²) in [5.74, 6) is -0.576. The first-order valence-electron chi connectivity index (χ1n) is 11.5. The summed E-state index contributed by atoms with van der Waals surface area (Å²) in [7, 11) is 0. The first-order valence-corrected chi connectivity index (χ1v) is 11.5. The molecule has 0 unspecified atom stereocenters. The smallest absolute Gasteiger partial charge is 0.330 e. The van der Waals surface area contributed by atoms with Crippen molar-refractivity contribution >= 4 is 17.5 Å². The minimum absolute atomic E-state index is 0.0312. The van der Waals surface area contributed by atoms with Crippen molar-refractivity contribution in [3.63, 3.8) is 0 Å². The third kappa shape index (κ3) is 3.25. The minimum Gasteiger partial charge on any atom is -0.454 e. The Morgan fingerprint density at radius 2 is 1.97 bits per heavy atom. The maximum atomic E-state index is 13.1. The second kappa shape index (κ2) is 7.66. The topological polar surface area (TPSA) is 101 Å². The molecule has 4 rings (SSSR count). The van der Waals surface area contributed by atoms with Gasteiger partial charge in [0.25, 0.3) is 0 Å². The van der Waals surface area contributed by atoms with Crippen LogP contribution in [0.3, 0.4) is 0 Å². The third-order valence-electron chi connectivity index (χ3n) is 9.16. The number of ketones is 2. The highest BCUT2D eigenvalue weighted by Crippen LogP contribution is 2.67. The number of hydrogen-bond acceptors (Lipinski definition) is 6. The molecule has 0 heterocycles. The van der Waals surface area contributed by atoms with E-state index in [-0.39, 0.29) is 29.0 Å². The van der Waals surface area contributed by atoms with Crippen LogP contribution in [0.25, 0.3) is 0 Å². The van der Waals surface area contributed by atoms with E-state index in [2.05, 4.69) is 6.92 Å². The molecule has 6 heteroatoms. The van der Waals surface area contributed by atoms with Crippen LogP contribution in [0.2, 0.25) is 0 Å². The lowest BCUT2D eigenvalue weighted by Crippen LogP contribution is -2.62. The average molecular weight is 431 g/mol. The fourth-order valence-electron chi connectivity index (χ4n) is 7.59. The van der Waals surface area contributed by atoms with Gasteiger partial charge in [0.1, 0.15) is 5.60 Å². The zero-order chi connectivity index (χ0) is 22.6. The highest BCUT2D eigenvalue weighted by atomic mass is 16.5. The van der Waals surface area contributed by atoms with Crippen molar-refractivity contribution in [2.75, 3.05) is 6.61 Å². The van der Waals surface area contributed by atoms with Gasteiger partial charge in [0.05, 0.1) is 6.10 Å². The summed E-state index contributed by atoms with van der Waals surface area (Å²) in [5.41, 5.74) is -1.42. The number of rotatable bonds is 4. The summed E-state index contributed by atoms with van der Waals surface area (Å²) >= 11 is 0. The van der Waals surface area contributed by atoms with Gasteiger partial charge in [-0.2, -0.15) is 0 Å². The van der Waals surface area contributed by atoms with Gasteiger partial charge in [0, 0.05) is 17.9 Å². The number of carbonyl (C=O) groups is 3. The van der Waals surface area contributed by atoms with Crippen molar-refractivity contribution in [2.45, 2.75) is 77.4 Å². The number of allylic oxidation sites excluding steroid dienone is 2. The predicted octanol–water partition coefficient (Wildman–Crippen LogP) is 2.91. The molecule has 0 aromatic carbocycles. The van der Waals surface area contributed by atoms with Gasteiger partial charge in [-0.05, 0) is 74.7 Å². The molecule has 2 N–H and O–H groups in total. The lowest BCUT2D eigenvalue weighted by atomic mass is 9.45. The number of aliphatic hydroxyl groups excluding tert-OH is 1. The Bertz CT molecular complexity index is 858. The SMILES string of the molecule is C/C=C/C(=O)OCC(=O)[C@]1(O)CC[C@@H]2[C@H]3CCC4=CC(=O)CC[C@]4(C)[C@@H]3[C@H](O)C[C@@]21C. The Balaban J connectivity index is 1.60. The van der Waals surface area contributed by atoms with Crippen LogP contribution >= 0.6 is 0 Å². The maximum absolute atomic E-state index is 13.1. The molecule has 0 spiro atoms. The van der Waals surface area contributed by atoms with Crippen LogP contribution in [0.1, 0.15) is 65.7 Å². The summed E-state index contributed by atoms with van der Waals surface area (Å²) in [4.78, 5) is 36.7. The van der Waals surface area contributed by atoms with Gasteiger partial charge >= 0.3 is 5.97 Å². The number of carbonyl (C=O) groups excluding carboxylic acids is 3. The summed E-state index contributed by atoms with van der Waals surface area (Å²) in [5, 5.41) is 22.9. The molecule has 3 saturated carbocycles. The Labute approximate surface area is 183 Å². The normalized spacial score (nSPS) is 44.3. The monoisotopic (exact) mass is 430 g/mol. The number of fused-ring (bicyclic) bond motifs is 5. The molecule has 3 fully saturated rings. The number of hydrogen-bond donors (Lipinski definition) is 2. The van der Waals surface area contributed by atoms with E-state index in [9.17, 15) is 24.6 Å². The summed E-state index contributed by atoms with van der Waals surface area (Å²) in [6.07, 6.45) is 8.25. The number of Topliss-reactive ketones (excluding diaryl/α,β-unsaturated/α-hetero) is 1. The molecular formula is C25H34O6. The van der Waals surface area contributed by atoms with Gasteiger partial charge in [-0.25, -0.2) is 4.79 Å². The Kier molecular flexibility index (Phi) is 5.54. The minimum atomic E-state index is -1.61. The highest BCUT2D eigenvalue weighted by molar-refractivity contribution is 5.92. The second-order valence-corrected chi connectivity index (χ2v) is 10.5. The second-order valence-electron chi connectivity index (χ2n) is 10.5. The van der Waals surface area contributed by atoms with Crippen molar-refractivity contribution < 1.29 is 29.3 Å². The van der Waals surface area contributed by atoms with Crippen molar-refractivity contribution in [3.8, 4) is 0 Å². The van der Waals surface area contributed by atoms with E-state index in [1.165, 1.54) is 12.2 Å². The first-order chi connectivity index (χ1) is 14.6. The Morgan fingerprint density at radius 1 is 1.23 bits per heavy atom. The van der Waals surface area contributed by atoms with Crippen LogP contribution in [0.15, 0.2) is 23.8 Å². The van der Waals surface area contributed by atoms with Crippen molar-refractivity contribution in [3.05, 3.63) is 23.8 Å². The predicted molar refractivity (Wildman–Crippen MR) is 114 cm³/mol. The first kappa shape index (κ1) is 22.4. The Hall–Kier alpha value is -1.79. The van der Waals surface area contributed by atoms with Crippen LogP contribution < -0.4 is 0 Å².